The van der Waals surface area contributed by atoms with Gasteiger partial charge in [0.1, 0.15) is 0 Å². The molecular formula is C14H18Cl2N2. The average Bonchev–Trinajstić information content (AvgIpc) is 2.92. The Labute approximate surface area is 118 Å². The summed E-state index contributed by atoms with van der Waals surface area (Å²) in [4.78, 5) is 2.57. The lowest BCUT2D eigenvalue weighted by Crippen LogP contribution is -2.28. The second-order valence-electron chi connectivity index (χ2n) is 5.48. The fourth-order valence-electron chi connectivity index (χ4n) is 3.19. The molecule has 0 amide bonds. The van der Waals surface area contributed by atoms with Crippen molar-refractivity contribution in [1.29, 1.82) is 0 Å². The Morgan fingerprint density at radius 2 is 1.83 bits per heavy atom. The highest BCUT2D eigenvalue weighted by Gasteiger charge is 2.37. The van der Waals surface area contributed by atoms with Crippen LogP contribution in [-0.2, 0) is 0 Å². The zero-order valence-electron chi connectivity index (χ0n) is 10.5. The number of likely N-dealkylation sites (tertiary alicyclic amines) is 1. The second-order valence-corrected chi connectivity index (χ2v) is 6.30. The van der Waals surface area contributed by atoms with Crippen LogP contribution in [0.15, 0.2) is 18.2 Å². The fraction of sp³-hybridized carbons (Fsp3) is 0.571. The maximum absolute atomic E-state index is 6.10. The molecule has 2 saturated heterocycles. The average molecular weight is 285 g/mol. The van der Waals surface area contributed by atoms with E-state index in [1.165, 1.54) is 31.7 Å². The summed E-state index contributed by atoms with van der Waals surface area (Å²) in [6.45, 7) is 7.00. The van der Waals surface area contributed by atoms with E-state index in [-0.39, 0.29) is 0 Å². The quantitative estimate of drug-likeness (QED) is 0.897. The molecule has 2 heterocycles. The predicted molar refractivity (Wildman–Crippen MR) is 76.3 cm³/mol. The van der Waals surface area contributed by atoms with Gasteiger partial charge in [-0.3, -0.25) is 4.90 Å². The van der Waals surface area contributed by atoms with Gasteiger partial charge in [0.25, 0.3) is 0 Å². The zero-order valence-corrected chi connectivity index (χ0v) is 12.0. The van der Waals surface area contributed by atoms with Crippen LogP contribution >= 0.6 is 23.2 Å². The van der Waals surface area contributed by atoms with E-state index >= 15 is 0 Å². The fourth-order valence-corrected chi connectivity index (χ4v) is 3.50. The smallest absolute Gasteiger partial charge is 0.0595 e. The predicted octanol–water partition coefficient (Wildman–Crippen LogP) is 3.21. The molecule has 1 aromatic carbocycles. The molecule has 0 aromatic heterocycles. The molecule has 0 radical (unpaired) electrons. The van der Waals surface area contributed by atoms with Crippen molar-refractivity contribution in [3.63, 3.8) is 0 Å². The Balaban J connectivity index is 1.74. The molecular weight excluding hydrogens is 267 g/mol. The Morgan fingerprint density at radius 3 is 2.44 bits per heavy atom. The maximum atomic E-state index is 6.10. The van der Waals surface area contributed by atoms with E-state index < -0.39 is 0 Å². The molecule has 3 rings (SSSR count). The Morgan fingerprint density at radius 1 is 1.17 bits per heavy atom. The van der Waals surface area contributed by atoms with Gasteiger partial charge >= 0.3 is 0 Å². The summed E-state index contributed by atoms with van der Waals surface area (Å²) in [6.07, 6.45) is 0. The van der Waals surface area contributed by atoms with Crippen LogP contribution in [0.2, 0.25) is 10.0 Å². The van der Waals surface area contributed by atoms with Crippen LogP contribution in [0.4, 0.5) is 0 Å². The van der Waals surface area contributed by atoms with Gasteiger partial charge in [0.2, 0.25) is 0 Å². The topological polar surface area (TPSA) is 15.3 Å². The first-order valence-electron chi connectivity index (χ1n) is 6.55. The zero-order chi connectivity index (χ0) is 12.7. The first-order valence-corrected chi connectivity index (χ1v) is 7.30. The minimum absolute atomic E-state index is 0.422. The first-order chi connectivity index (χ1) is 8.65. The number of nitrogens with one attached hydrogen (secondary N) is 1. The third-order valence-corrected chi connectivity index (χ3v) is 5.13. The number of hydrogen-bond acceptors (Lipinski definition) is 2. The molecule has 2 aliphatic rings. The molecule has 18 heavy (non-hydrogen) atoms. The number of halogens is 2. The highest BCUT2D eigenvalue weighted by molar-refractivity contribution is 6.42. The molecule has 2 aliphatic heterocycles. The van der Waals surface area contributed by atoms with Crippen molar-refractivity contribution in [2.45, 2.75) is 13.0 Å². The first kappa shape index (κ1) is 12.7. The van der Waals surface area contributed by atoms with Crippen molar-refractivity contribution >= 4 is 23.2 Å². The van der Waals surface area contributed by atoms with Crippen LogP contribution < -0.4 is 5.32 Å². The van der Waals surface area contributed by atoms with E-state index in [1.54, 1.807) is 0 Å². The van der Waals surface area contributed by atoms with Crippen molar-refractivity contribution in [2.24, 2.45) is 11.8 Å². The maximum Gasteiger partial charge on any atom is 0.0595 e. The molecule has 0 bridgehead atoms. The van der Waals surface area contributed by atoms with E-state index in [0.29, 0.717) is 16.1 Å². The largest absolute Gasteiger partial charge is 0.316 e. The molecule has 4 heteroatoms. The molecule has 98 valence electrons. The number of benzene rings is 1. The van der Waals surface area contributed by atoms with E-state index in [2.05, 4.69) is 23.2 Å². The lowest BCUT2D eigenvalue weighted by molar-refractivity contribution is 0.244. The van der Waals surface area contributed by atoms with Gasteiger partial charge in [-0.2, -0.15) is 0 Å². The van der Waals surface area contributed by atoms with Crippen molar-refractivity contribution in [3.05, 3.63) is 33.8 Å². The van der Waals surface area contributed by atoms with Crippen LogP contribution in [0.5, 0.6) is 0 Å². The van der Waals surface area contributed by atoms with E-state index in [4.69, 9.17) is 23.2 Å². The lowest BCUT2D eigenvalue weighted by atomic mass is 10.0. The highest BCUT2D eigenvalue weighted by Crippen LogP contribution is 2.34. The third kappa shape index (κ3) is 2.27. The van der Waals surface area contributed by atoms with E-state index in [1.807, 2.05) is 12.1 Å². The van der Waals surface area contributed by atoms with Crippen LogP contribution in [-0.4, -0.2) is 31.1 Å². The van der Waals surface area contributed by atoms with Gasteiger partial charge in [0.15, 0.2) is 0 Å². The monoisotopic (exact) mass is 284 g/mol. The van der Waals surface area contributed by atoms with E-state index in [0.717, 1.165) is 11.8 Å². The molecule has 3 atom stereocenters. The molecule has 1 aromatic rings. The SMILES string of the molecule is CC(c1ccc(Cl)c(Cl)c1)N1C[C@H]2CNC[C@H]2C1. The standard InChI is InChI=1S/C14H18Cl2N2/c1-9(10-2-3-13(15)14(16)4-10)18-7-11-5-17-6-12(11)8-18/h2-4,9,11-12,17H,5-8H2,1H3/t9?,11-,12+. The van der Waals surface area contributed by atoms with Gasteiger partial charge in [0, 0.05) is 19.1 Å². The van der Waals surface area contributed by atoms with Crippen LogP contribution in [0.1, 0.15) is 18.5 Å². The van der Waals surface area contributed by atoms with Crippen LogP contribution in [0, 0.1) is 11.8 Å². The van der Waals surface area contributed by atoms with Crippen molar-refractivity contribution < 1.29 is 0 Å². The molecule has 2 nitrogen and oxygen atoms in total. The van der Waals surface area contributed by atoms with Crippen LogP contribution in [0.25, 0.3) is 0 Å². The van der Waals surface area contributed by atoms with Gasteiger partial charge in [-0.25, -0.2) is 0 Å². The summed E-state index contributed by atoms with van der Waals surface area (Å²) in [5.74, 6) is 1.66. The number of hydrogen-bond donors (Lipinski definition) is 1. The summed E-state index contributed by atoms with van der Waals surface area (Å²) in [6, 6.07) is 6.41. The third-order valence-electron chi connectivity index (χ3n) is 4.39. The number of nitrogens with zero attached hydrogens (tertiary/aromatic N) is 1. The van der Waals surface area contributed by atoms with Crippen molar-refractivity contribution in [2.75, 3.05) is 26.2 Å². The van der Waals surface area contributed by atoms with Gasteiger partial charge in [0.05, 0.1) is 10.0 Å². The molecule has 0 aliphatic carbocycles. The number of fused-ring (bicyclic) bond motifs is 1. The Bertz CT molecular complexity index is 437. The summed E-state index contributed by atoms with van der Waals surface area (Å²) in [7, 11) is 0. The summed E-state index contributed by atoms with van der Waals surface area (Å²) in [5.41, 5.74) is 1.26. The molecule has 1 N–H and O–H groups in total. The molecule has 0 saturated carbocycles. The van der Waals surface area contributed by atoms with Crippen molar-refractivity contribution in [3.8, 4) is 0 Å². The van der Waals surface area contributed by atoms with E-state index in [9.17, 15) is 0 Å². The van der Waals surface area contributed by atoms with Crippen molar-refractivity contribution in [1.82, 2.24) is 10.2 Å². The number of rotatable bonds is 2. The lowest BCUT2D eigenvalue weighted by Gasteiger charge is -2.25. The minimum atomic E-state index is 0.422. The second kappa shape index (κ2) is 5.01. The van der Waals surface area contributed by atoms with Crippen LogP contribution in [0.3, 0.4) is 0 Å². The van der Waals surface area contributed by atoms with Gasteiger partial charge in [-0.1, -0.05) is 29.3 Å². The molecule has 0 spiro atoms. The molecule has 2 fully saturated rings. The summed E-state index contributed by atoms with van der Waals surface area (Å²) in [5, 5.41) is 4.76. The Kier molecular flexibility index (Phi) is 3.55. The van der Waals surface area contributed by atoms with Gasteiger partial charge < -0.3 is 5.32 Å². The van der Waals surface area contributed by atoms with Gasteiger partial charge in [-0.05, 0) is 49.5 Å². The van der Waals surface area contributed by atoms with Gasteiger partial charge in [-0.15, -0.1) is 0 Å². The summed E-state index contributed by atoms with van der Waals surface area (Å²) < 4.78 is 0. The highest BCUT2D eigenvalue weighted by atomic mass is 35.5. The minimum Gasteiger partial charge on any atom is -0.316 e. The summed E-state index contributed by atoms with van der Waals surface area (Å²) >= 11 is 12.1. The molecule has 1 unspecified atom stereocenters. The normalized spacial score (nSPS) is 29.5. The Hall–Kier alpha value is -0.280.